The van der Waals surface area contributed by atoms with Gasteiger partial charge >= 0.3 is 12.2 Å². The number of carbonyl (C=O) groups excluding carboxylic acids is 2. The molecule has 5 rings (SSSR count). The molecule has 4 fully saturated rings. The zero-order chi connectivity index (χ0) is 30.1. The van der Waals surface area contributed by atoms with Crippen molar-refractivity contribution in [2.75, 3.05) is 39.4 Å². The van der Waals surface area contributed by atoms with Crippen LogP contribution < -0.4 is 5.32 Å². The second-order valence-corrected chi connectivity index (χ2v) is 13.0. The fraction of sp³-hybridized carbons (Fsp3) is 0.688. The number of urea groups is 1. The maximum absolute atomic E-state index is 13.7. The van der Waals surface area contributed by atoms with Crippen LogP contribution in [0.4, 0.5) is 18.0 Å². The van der Waals surface area contributed by atoms with Crippen LogP contribution >= 0.6 is 0 Å². The van der Waals surface area contributed by atoms with Crippen molar-refractivity contribution in [1.29, 1.82) is 0 Å². The first-order chi connectivity index (χ1) is 20.0. The molecule has 1 spiro atoms. The maximum atomic E-state index is 13.7. The van der Waals surface area contributed by atoms with E-state index in [1.807, 2.05) is 30.3 Å². The van der Waals surface area contributed by atoms with E-state index in [4.69, 9.17) is 4.74 Å². The lowest BCUT2D eigenvalue weighted by Gasteiger charge is -2.39. The number of hydrogen-bond donors (Lipinski definition) is 1. The highest BCUT2D eigenvalue weighted by molar-refractivity contribution is 5.94. The van der Waals surface area contributed by atoms with E-state index in [0.717, 1.165) is 76.9 Å². The monoisotopic (exact) mass is 590 g/mol. The molecule has 4 aliphatic rings. The molecule has 1 saturated carbocycles. The van der Waals surface area contributed by atoms with Crippen LogP contribution in [-0.2, 0) is 9.53 Å². The van der Waals surface area contributed by atoms with Crippen LogP contribution in [0.25, 0.3) is 0 Å². The molecule has 1 N–H and O–H groups in total. The molecule has 7 nitrogen and oxygen atoms in total. The molecule has 10 heteroatoms. The third-order valence-corrected chi connectivity index (χ3v) is 9.90. The van der Waals surface area contributed by atoms with Gasteiger partial charge in [0.15, 0.2) is 0 Å². The Morgan fingerprint density at radius 1 is 1.14 bits per heavy atom. The average Bonchev–Trinajstić information content (AvgIpc) is 3.46. The molecule has 1 aromatic carbocycles. The summed E-state index contributed by atoms with van der Waals surface area (Å²) in [5.41, 5.74) is -0.816. The molecule has 3 amide bonds. The van der Waals surface area contributed by atoms with E-state index in [1.54, 1.807) is 0 Å². The molecule has 1 aliphatic carbocycles. The van der Waals surface area contributed by atoms with Crippen molar-refractivity contribution in [2.24, 2.45) is 11.8 Å². The van der Waals surface area contributed by atoms with E-state index in [9.17, 15) is 22.8 Å². The SMILES string of the molecule is C=C(C(=O)N[C@@H](CCN1CCCC2CC3(CC21)CN(CC1CCOCC1)C(=O)N3C(C)C)c1ccccc1)C(F)(F)F. The topological polar surface area (TPSA) is 65.1 Å². The van der Waals surface area contributed by atoms with Crippen molar-refractivity contribution in [3.8, 4) is 0 Å². The zero-order valence-electron chi connectivity index (χ0n) is 24.9. The smallest absolute Gasteiger partial charge is 0.381 e. The molecule has 0 bridgehead atoms. The Hall–Kier alpha value is -2.59. The fourth-order valence-electron chi connectivity index (χ4n) is 7.99. The molecule has 3 heterocycles. The number of alkyl halides is 3. The summed E-state index contributed by atoms with van der Waals surface area (Å²) in [5.74, 6) is -0.245. The van der Waals surface area contributed by atoms with Crippen LogP contribution in [-0.4, -0.2) is 89.8 Å². The third kappa shape index (κ3) is 6.49. The van der Waals surface area contributed by atoms with E-state index in [-0.39, 0.29) is 17.6 Å². The lowest BCUT2D eigenvalue weighted by molar-refractivity contribution is -0.131. The number of fused-ring (bicyclic) bond motifs is 1. The quantitative estimate of drug-likeness (QED) is 0.384. The van der Waals surface area contributed by atoms with Crippen LogP contribution in [0, 0.1) is 11.8 Å². The minimum Gasteiger partial charge on any atom is -0.381 e. The highest BCUT2D eigenvalue weighted by Gasteiger charge is 2.58. The van der Waals surface area contributed by atoms with Gasteiger partial charge in [-0.15, -0.1) is 0 Å². The van der Waals surface area contributed by atoms with Crippen molar-refractivity contribution in [3.63, 3.8) is 0 Å². The standard InChI is InChI=1S/C32H45F3N4O3/c1-22(2)39-30(41)38(20-24-12-16-42-17-13-24)21-31(39)18-26-10-7-14-37(28(26)19-31)15-11-27(25-8-5-4-6-9-25)36-29(40)23(3)32(33,34)35/h4-6,8-9,22,24,26-28H,3,7,10-21H2,1-2H3,(H,36,40)/t26?,27-,28?,31?/m0/s1. The number of nitrogens with one attached hydrogen (secondary N) is 1. The molecule has 3 saturated heterocycles. The van der Waals surface area contributed by atoms with Gasteiger partial charge in [0.2, 0.25) is 0 Å². The summed E-state index contributed by atoms with van der Waals surface area (Å²) < 4.78 is 45.1. The summed E-state index contributed by atoms with van der Waals surface area (Å²) in [6.07, 6.45) is 1.74. The lowest BCUT2D eigenvalue weighted by atomic mass is 9.90. The molecular weight excluding hydrogens is 545 g/mol. The first kappa shape index (κ1) is 30.9. The number of hydrogen-bond acceptors (Lipinski definition) is 4. The number of benzene rings is 1. The van der Waals surface area contributed by atoms with Gasteiger partial charge < -0.3 is 19.9 Å². The summed E-state index contributed by atoms with van der Waals surface area (Å²) in [6, 6.07) is 9.16. The van der Waals surface area contributed by atoms with E-state index < -0.39 is 23.7 Å². The predicted octanol–water partition coefficient (Wildman–Crippen LogP) is 5.54. The number of nitrogens with zero attached hydrogens (tertiary/aromatic N) is 3. The van der Waals surface area contributed by atoms with Gasteiger partial charge in [0, 0.05) is 44.9 Å². The first-order valence-corrected chi connectivity index (χ1v) is 15.5. The fourth-order valence-corrected chi connectivity index (χ4v) is 7.99. The normalized spacial score (nSPS) is 28.0. The Kier molecular flexibility index (Phi) is 9.23. The van der Waals surface area contributed by atoms with Crippen molar-refractivity contribution < 1.29 is 27.5 Å². The Balaban J connectivity index is 1.29. The Labute approximate surface area is 247 Å². The van der Waals surface area contributed by atoms with E-state index >= 15 is 0 Å². The van der Waals surface area contributed by atoms with Crippen LogP contribution in [0.5, 0.6) is 0 Å². The molecule has 0 aromatic heterocycles. The summed E-state index contributed by atoms with van der Waals surface area (Å²) in [7, 11) is 0. The van der Waals surface area contributed by atoms with Gasteiger partial charge in [-0.2, -0.15) is 13.2 Å². The van der Waals surface area contributed by atoms with Gasteiger partial charge in [0.1, 0.15) is 5.57 Å². The second-order valence-electron chi connectivity index (χ2n) is 13.0. The molecule has 4 atom stereocenters. The summed E-state index contributed by atoms with van der Waals surface area (Å²) in [4.78, 5) is 32.9. The largest absolute Gasteiger partial charge is 0.421 e. The summed E-state index contributed by atoms with van der Waals surface area (Å²) in [5, 5.41) is 2.61. The Morgan fingerprint density at radius 2 is 1.86 bits per heavy atom. The third-order valence-electron chi connectivity index (χ3n) is 9.90. The van der Waals surface area contributed by atoms with Crippen molar-refractivity contribution in [3.05, 3.63) is 48.0 Å². The van der Waals surface area contributed by atoms with Crippen molar-refractivity contribution >= 4 is 11.9 Å². The molecular formula is C32H45F3N4O3. The molecule has 42 heavy (non-hydrogen) atoms. The van der Waals surface area contributed by atoms with Gasteiger partial charge in [0.05, 0.1) is 11.6 Å². The van der Waals surface area contributed by atoms with E-state index in [2.05, 4.69) is 40.4 Å². The van der Waals surface area contributed by atoms with Crippen molar-refractivity contribution in [1.82, 2.24) is 20.0 Å². The molecule has 1 aromatic rings. The maximum Gasteiger partial charge on any atom is 0.421 e. The molecule has 232 valence electrons. The van der Waals surface area contributed by atoms with Crippen LogP contribution in [0.15, 0.2) is 42.5 Å². The number of ether oxygens (including phenoxy) is 1. The highest BCUT2D eigenvalue weighted by Crippen LogP contribution is 2.49. The van der Waals surface area contributed by atoms with Gasteiger partial charge in [-0.25, -0.2) is 4.79 Å². The number of amides is 3. The Bertz CT molecular complexity index is 1120. The minimum absolute atomic E-state index is 0.102. The van der Waals surface area contributed by atoms with Gasteiger partial charge in [-0.05, 0) is 82.7 Å². The number of carbonyl (C=O) groups is 2. The lowest BCUT2D eigenvalue weighted by Crippen LogP contribution is -2.50. The minimum atomic E-state index is -4.77. The Morgan fingerprint density at radius 3 is 2.52 bits per heavy atom. The number of likely N-dealkylation sites (tertiary alicyclic amines) is 1. The first-order valence-electron chi connectivity index (χ1n) is 15.5. The van der Waals surface area contributed by atoms with Crippen LogP contribution in [0.2, 0.25) is 0 Å². The van der Waals surface area contributed by atoms with E-state index in [0.29, 0.717) is 30.8 Å². The van der Waals surface area contributed by atoms with Crippen LogP contribution in [0.1, 0.15) is 70.4 Å². The van der Waals surface area contributed by atoms with Gasteiger partial charge in [-0.3, -0.25) is 9.69 Å². The van der Waals surface area contributed by atoms with E-state index in [1.165, 1.54) is 0 Å². The van der Waals surface area contributed by atoms with Crippen LogP contribution in [0.3, 0.4) is 0 Å². The summed E-state index contributed by atoms with van der Waals surface area (Å²) in [6.45, 7) is 11.8. The van der Waals surface area contributed by atoms with Gasteiger partial charge in [-0.1, -0.05) is 36.9 Å². The number of piperidine rings is 1. The average molecular weight is 591 g/mol. The predicted molar refractivity (Wildman–Crippen MR) is 155 cm³/mol. The highest BCUT2D eigenvalue weighted by atomic mass is 19.4. The summed E-state index contributed by atoms with van der Waals surface area (Å²) >= 11 is 0. The van der Waals surface area contributed by atoms with Gasteiger partial charge in [0.25, 0.3) is 5.91 Å². The molecule has 3 unspecified atom stereocenters. The zero-order valence-corrected chi connectivity index (χ0v) is 24.9. The molecule has 3 aliphatic heterocycles. The van der Waals surface area contributed by atoms with Crippen molar-refractivity contribution in [2.45, 2.75) is 88.6 Å². The second kappa shape index (κ2) is 12.6. The number of halogens is 3. The number of rotatable bonds is 9. The molecule has 0 radical (unpaired) electrons.